The van der Waals surface area contributed by atoms with Crippen LogP contribution in [0, 0.1) is 5.92 Å². The molecule has 1 heterocycles. The van der Waals surface area contributed by atoms with Gasteiger partial charge in [-0.15, -0.1) is 12.4 Å². The first-order valence-electron chi connectivity index (χ1n) is 6.48. The van der Waals surface area contributed by atoms with Crippen LogP contribution in [-0.4, -0.2) is 33.2 Å². The lowest BCUT2D eigenvalue weighted by Gasteiger charge is -2.22. The average Bonchev–Trinajstić information content (AvgIpc) is 2.48. The third kappa shape index (κ3) is 4.02. The molecule has 0 atom stereocenters. The second kappa shape index (κ2) is 7.97. The van der Waals surface area contributed by atoms with Gasteiger partial charge in [-0.25, -0.2) is 0 Å². The Bertz CT molecular complexity index is 448. The second-order valence-corrected chi connectivity index (χ2v) is 4.58. The van der Waals surface area contributed by atoms with E-state index in [1.807, 2.05) is 0 Å². The predicted octanol–water partition coefficient (Wildman–Crippen LogP) is 2.06. The fourth-order valence-electron chi connectivity index (χ4n) is 2.22. The van der Waals surface area contributed by atoms with Crippen LogP contribution in [0.25, 0.3) is 0 Å². The van der Waals surface area contributed by atoms with Crippen molar-refractivity contribution in [1.29, 1.82) is 0 Å². The summed E-state index contributed by atoms with van der Waals surface area (Å²) in [7, 11) is 3.18. The number of amides is 1. The molecular formula is C14H21ClN2O3. The van der Waals surface area contributed by atoms with Gasteiger partial charge in [0.2, 0.25) is 5.91 Å². The number of carbonyl (C=O) groups is 1. The van der Waals surface area contributed by atoms with Crippen molar-refractivity contribution in [2.75, 3.05) is 32.6 Å². The number of halogens is 1. The zero-order chi connectivity index (χ0) is 13.7. The maximum absolute atomic E-state index is 12.2. The van der Waals surface area contributed by atoms with E-state index < -0.39 is 0 Å². The highest BCUT2D eigenvalue weighted by molar-refractivity contribution is 5.94. The number of rotatable bonds is 4. The van der Waals surface area contributed by atoms with Gasteiger partial charge in [0.25, 0.3) is 0 Å². The Hall–Kier alpha value is -1.46. The molecule has 112 valence electrons. The average molecular weight is 301 g/mol. The molecule has 1 amide bonds. The second-order valence-electron chi connectivity index (χ2n) is 4.58. The largest absolute Gasteiger partial charge is 0.497 e. The molecule has 0 bridgehead atoms. The molecule has 1 saturated heterocycles. The zero-order valence-electron chi connectivity index (χ0n) is 11.8. The molecule has 1 fully saturated rings. The molecule has 20 heavy (non-hydrogen) atoms. The van der Waals surface area contributed by atoms with Crippen LogP contribution in [0.4, 0.5) is 5.69 Å². The predicted molar refractivity (Wildman–Crippen MR) is 81.0 cm³/mol. The van der Waals surface area contributed by atoms with Crippen molar-refractivity contribution in [3.05, 3.63) is 18.2 Å². The van der Waals surface area contributed by atoms with Crippen molar-refractivity contribution in [2.45, 2.75) is 12.8 Å². The summed E-state index contributed by atoms with van der Waals surface area (Å²) in [6.07, 6.45) is 1.76. The maximum atomic E-state index is 12.2. The quantitative estimate of drug-likeness (QED) is 0.893. The van der Waals surface area contributed by atoms with E-state index in [1.54, 1.807) is 32.4 Å². The van der Waals surface area contributed by atoms with Crippen LogP contribution in [0.15, 0.2) is 18.2 Å². The molecule has 1 aliphatic heterocycles. The van der Waals surface area contributed by atoms with Crippen molar-refractivity contribution in [1.82, 2.24) is 5.32 Å². The Morgan fingerprint density at radius 1 is 1.25 bits per heavy atom. The van der Waals surface area contributed by atoms with Gasteiger partial charge >= 0.3 is 0 Å². The van der Waals surface area contributed by atoms with E-state index >= 15 is 0 Å². The molecule has 1 aliphatic rings. The number of hydrogen-bond donors (Lipinski definition) is 2. The minimum absolute atomic E-state index is 0. The highest BCUT2D eigenvalue weighted by atomic mass is 35.5. The van der Waals surface area contributed by atoms with Gasteiger partial charge in [-0.3, -0.25) is 4.79 Å². The lowest BCUT2D eigenvalue weighted by Crippen LogP contribution is -2.34. The fourth-order valence-corrected chi connectivity index (χ4v) is 2.22. The molecule has 0 spiro atoms. The van der Waals surface area contributed by atoms with Gasteiger partial charge in [0.15, 0.2) is 0 Å². The summed E-state index contributed by atoms with van der Waals surface area (Å²) in [5, 5.41) is 6.19. The molecule has 2 N–H and O–H groups in total. The number of hydrogen-bond acceptors (Lipinski definition) is 4. The molecule has 1 aromatic rings. The first kappa shape index (κ1) is 16.6. The number of anilines is 1. The lowest BCUT2D eigenvalue weighted by molar-refractivity contribution is -0.120. The summed E-state index contributed by atoms with van der Waals surface area (Å²) in [4.78, 5) is 12.2. The van der Waals surface area contributed by atoms with Crippen LogP contribution in [0.3, 0.4) is 0 Å². The standard InChI is InChI=1S/C14H20N2O3.ClH/c1-18-11-3-4-12(13(9-11)19-2)16-14(17)10-5-7-15-8-6-10;/h3-4,9-10,15H,5-8H2,1-2H3,(H,16,17);1H. The van der Waals surface area contributed by atoms with Crippen LogP contribution in [-0.2, 0) is 4.79 Å². The molecular weight excluding hydrogens is 280 g/mol. The molecule has 1 aromatic carbocycles. The molecule has 0 saturated carbocycles. The highest BCUT2D eigenvalue weighted by Gasteiger charge is 2.21. The summed E-state index contributed by atoms with van der Waals surface area (Å²) in [5.74, 6) is 1.45. The first-order chi connectivity index (χ1) is 9.24. The van der Waals surface area contributed by atoms with Gasteiger partial charge in [0.05, 0.1) is 19.9 Å². The van der Waals surface area contributed by atoms with E-state index in [0.29, 0.717) is 17.2 Å². The SMILES string of the molecule is COc1ccc(NC(=O)C2CCNCC2)c(OC)c1.Cl. The van der Waals surface area contributed by atoms with Crippen LogP contribution in [0.2, 0.25) is 0 Å². The Balaban J connectivity index is 0.00000200. The Morgan fingerprint density at radius 3 is 2.55 bits per heavy atom. The summed E-state index contributed by atoms with van der Waals surface area (Å²) >= 11 is 0. The summed E-state index contributed by atoms with van der Waals surface area (Å²) < 4.78 is 10.4. The summed E-state index contributed by atoms with van der Waals surface area (Å²) in [6, 6.07) is 5.37. The summed E-state index contributed by atoms with van der Waals surface area (Å²) in [6.45, 7) is 1.80. The third-order valence-electron chi connectivity index (χ3n) is 3.38. The molecule has 0 radical (unpaired) electrons. The van der Waals surface area contributed by atoms with Crippen molar-refractivity contribution in [3.8, 4) is 11.5 Å². The first-order valence-corrected chi connectivity index (χ1v) is 6.48. The summed E-state index contributed by atoms with van der Waals surface area (Å²) in [5.41, 5.74) is 0.687. The lowest BCUT2D eigenvalue weighted by atomic mass is 9.97. The highest BCUT2D eigenvalue weighted by Crippen LogP contribution is 2.29. The number of ether oxygens (including phenoxy) is 2. The van der Waals surface area contributed by atoms with Crippen LogP contribution in [0.1, 0.15) is 12.8 Å². The third-order valence-corrected chi connectivity index (χ3v) is 3.38. The minimum atomic E-state index is 0. The van der Waals surface area contributed by atoms with E-state index in [4.69, 9.17) is 9.47 Å². The molecule has 0 aromatic heterocycles. The van der Waals surface area contributed by atoms with Gasteiger partial charge in [-0.05, 0) is 38.1 Å². The fraction of sp³-hybridized carbons (Fsp3) is 0.500. The number of piperidine rings is 1. The topological polar surface area (TPSA) is 59.6 Å². The van der Waals surface area contributed by atoms with Gasteiger partial charge < -0.3 is 20.1 Å². The van der Waals surface area contributed by atoms with Crippen LogP contribution in [0.5, 0.6) is 11.5 Å². The van der Waals surface area contributed by atoms with Crippen molar-refractivity contribution < 1.29 is 14.3 Å². The minimum Gasteiger partial charge on any atom is -0.497 e. The van der Waals surface area contributed by atoms with Gasteiger partial charge in [0.1, 0.15) is 11.5 Å². The number of benzene rings is 1. The van der Waals surface area contributed by atoms with Crippen LogP contribution < -0.4 is 20.1 Å². The van der Waals surface area contributed by atoms with Crippen molar-refractivity contribution in [2.24, 2.45) is 5.92 Å². The normalized spacial score (nSPS) is 15.1. The van der Waals surface area contributed by atoms with Gasteiger partial charge in [-0.2, -0.15) is 0 Å². The van der Waals surface area contributed by atoms with E-state index in [9.17, 15) is 4.79 Å². The van der Waals surface area contributed by atoms with E-state index in [0.717, 1.165) is 25.9 Å². The van der Waals surface area contributed by atoms with Gasteiger partial charge in [-0.1, -0.05) is 0 Å². The van der Waals surface area contributed by atoms with E-state index in [-0.39, 0.29) is 24.2 Å². The molecule has 2 rings (SSSR count). The molecule has 0 unspecified atom stereocenters. The maximum Gasteiger partial charge on any atom is 0.227 e. The van der Waals surface area contributed by atoms with Crippen molar-refractivity contribution >= 4 is 24.0 Å². The van der Waals surface area contributed by atoms with Crippen LogP contribution >= 0.6 is 12.4 Å². The number of carbonyl (C=O) groups excluding carboxylic acids is 1. The molecule has 0 aliphatic carbocycles. The van der Waals surface area contributed by atoms with E-state index in [2.05, 4.69) is 10.6 Å². The molecule has 5 nitrogen and oxygen atoms in total. The number of methoxy groups -OCH3 is 2. The van der Waals surface area contributed by atoms with Gasteiger partial charge in [0, 0.05) is 12.0 Å². The van der Waals surface area contributed by atoms with Crippen molar-refractivity contribution in [3.63, 3.8) is 0 Å². The molecule has 6 heteroatoms. The Morgan fingerprint density at radius 2 is 1.95 bits per heavy atom. The zero-order valence-corrected chi connectivity index (χ0v) is 12.6. The smallest absolute Gasteiger partial charge is 0.227 e. The Labute approximate surface area is 125 Å². The number of nitrogens with one attached hydrogen (secondary N) is 2. The van der Waals surface area contributed by atoms with E-state index in [1.165, 1.54) is 0 Å². The monoisotopic (exact) mass is 300 g/mol. The Kier molecular flexibility index (Phi) is 6.61.